The Hall–Kier alpha value is -1.69. The van der Waals surface area contributed by atoms with Crippen LogP contribution < -0.4 is 11.1 Å². The number of hydrogen-bond acceptors (Lipinski definition) is 3. The van der Waals surface area contributed by atoms with E-state index >= 15 is 0 Å². The standard InChI is InChI=1S/C15H21N3/c16-11-12-8-9-14(17)15(10-12)18-13-6-4-2-1-3-5-7-13/h8-10,13,18H,1-7,17H2. The van der Waals surface area contributed by atoms with Crippen LogP contribution in [0.3, 0.4) is 0 Å². The third-order valence-electron chi connectivity index (χ3n) is 3.65. The summed E-state index contributed by atoms with van der Waals surface area (Å²) in [5.74, 6) is 0. The van der Waals surface area contributed by atoms with Gasteiger partial charge >= 0.3 is 0 Å². The molecule has 0 spiro atoms. The zero-order chi connectivity index (χ0) is 12.8. The van der Waals surface area contributed by atoms with Crippen molar-refractivity contribution in [2.45, 2.75) is 51.0 Å². The smallest absolute Gasteiger partial charge is 0.0992 e. The number of nitriles is 1. The van der Waals surface area contributed by atoms with E-state index in [2.05, 4.69) is 11.4 Å². The van der Waals surface area contributed by atoms with Crippen molar-refractivity contribution in [1.82, 2.24) is 0 Å². The van der Waals surface area contributed by atoms with E-state index in [9.17, 15) is 0 Å². The zero-order valence-corrected chi connectivity index (χ0v) is 10.8. The molecular formula is C15H21N3. The number of benzene rings is 1. The summed E-state index contributed by atoms with van der Waals surface area (Å²) in [4.78, 5) is 0. The van der Waals surface area contributed by atoms with Gasteiger partial charge in [-0.25, -0.2) is 0 Å². The maximum Gasteiger partial charge on any atom is 0.0992 e. The quantitative estimate of drug-likeness (QED) is 0.779. The van der Waals surface area contributed by atoms with E-state index in [0.717, 1.165) is 11.4 Å². The molecule has 1 aliphatic carbocycles. The van der Waals surface area contributed by atoms with E-state index in [1.54, 1.807) is 6.07 Å². The normalized spacial score (nSPS) is 17.5. The van der Waals surface area contributed by atoms with Gasteiger partial charge in [-0.3, -0.25) is 0 Å². The number of nitrogens with zero attached hydrogens (tertiary/aromatic N) is 1. The van der Waals surface area contributed by atoms with Crippen molar-refractivity contribution in [3.05, 3.63) is 23.8 Å². The molecule has 0 atom stereocenters. The Morgan fingerprint density at radius 1 is 1.11 bits per heavy atom. The number of rotatable bonds is 2. The van der Waals surface area contributed by atoms with Crippen LogP contribution >= 0.6 is 0 Å². The van der Waals surface area contributed by atoms with Crippen LogP contribution in [0.5, 0.6) is 0 Å². The highest BCUT2D eigenvalue weighted by atomic mass is 14.9. The van der Waals surface area contributed by atoms with Crippen LogP contribution in [-0.4, -0.2) is 6.04 Å². The summed E-state index contributed by atoms with van der Waals surface area (Å²) in [7, 11) is 0. The van der Waals surface area contributed by atoms with Crippen LogP contribution in [0.2, 0.25) is 0 Å². The van der Waals surface area contributed by atoms with Gasteiger partial charge in [0.25, 0.3) is 0 Å². The summed E-state index contributed by atoms with van der Waals surface area (Å²) in [6.45, 7) is 0. The number of nitrogens with two attached hydrogens (primary N) is 1. The highest BCUT2D eigenvalue weighted by Gasteiger charge is 2.12. The Kier molecular flexibility index (Phi) is 4.46. The third kappa shape index (κ3) is 3.40. The minimum absolute atomic E-state index is 0.501. The third-order valence-corrected chi connectivity index (χ3v) is 3.65. The summed E-state index contributed by atoms with van der Waals surface area (Å²) in [5.41, 5.74) is 8.27. The predicted octanol–water partition coefficient (Wildman–Crippen LogP) is 3.67. The first-order chi connectivity index (χ1) is 8.79. The van der Waals surface area contributed by atoms with Gasteiger partial charge in [-0.15, -0.1) is 0 Å². The van der Waals surface area contributed by atoms with Crippen LogP contribution in [0.25, 0.3) is 0 Å². The van der Waals surface area contributed by atoms with E-state index in [1.165, 1.54) is 44.9 Å². The molecule has 0 bridgehead atoms. The molecule has 96 valence electrons. The Morgan fingerprint density at radius 3 is 2.44 bits per heavy atom. The van der Waals surface area contributed by atoms with Gasteiger partial charge in [0.15, 0.2) is 0 Å². The van der Waals surface area contributed by atoms with Crippen molar-refractivity contribution in [2.75, 3.05) is 11.1 Å². The van der Waals surface area contributed by atoms with Crippen LogP contribution in [0.1, 0.15) is 50.5 Å². The molecular weight excluding hydrogens is 222 g/mol. The summed E-state index contributed by atoms with van der Waals surface area (Å²) in [5, 5.41) is 12.4. The maximum absolute atomic E-state index is 8.92. The van der Waals surface area contributed by atoms with E-state index < -0.39 is 0 Å². The highest BCUT2D eigenvalue weighted by molar-refractivity contribution is 5.68. The van der Waals surface area contributed by atoms with Crippen molar-refractivity contribution in [3.63, 3.8) is 0 Å². The van der Waals surface area contributed by atoms with Crippen molar-refractivity contribution >= 4 is 11.4 Å². The Balaban J connectivity index is 2.05. The Morgan fingerprint density at radius 2 is 1.78 bits per heavy atom. The fraction of sp³-hybridized carbons (Fsp3) is 0.533. The minimum Gasteiger partial charge on any atom is -0.397 e. The lowest BCUT2D eigenvalue weighted by atomic mass is 9.96. The molecule has 1 saturated carbocycles. The van der Waals surface area contributed by atoms with Crippen LogP contribution in [-0.2, 0) is 0 Å². The molecule has 1 fully saturated rings. The second-order valence-electron chi connectivity index (χ2n) is 5.10. The van der Waals surface area contributed by atoms with Gasteiger partial charge in [0.1, 0.15) is 0 Å². The first-order valence-corrected chi connectivity index (χ1v) is 6.86. The van der Waals surface area contributed by atoms with Crippen molar-refractivity contribution in [3.8, 4) is 6.07 Å². The molecule has 0 amide bonds. The first kappa shape index (κ1) is 12.8. The number of anilines is 2. The van der Waals surface area contributed by atoms with Gasteiger partial charge in [0, 0.05) is 6.04 Å². The van der Waals surface area contributed by atoms with Gasteiger partial charge in [-0.1, -0.05) is 32.1 Å². The lowest BCUT2D eigenvalue weighted by molar-refractivity contribution is 0.471. The van der Waals surface area contributed by atoms with Gasteiger partial charge in [0.05, 0.1) is 23.0 Å². The van der Waals surface area contributed by atoms with E-state index in [1.807, 2.05) is 12.1 Å². The van der Waals surface area contributed by atoms with Gasteiger partial charge < -0.3 is 11.1 Å². The average Bonchev–Trinajstić information content (AvgIpc) is 2.35. The monoisotopic (exact) mass is 243 g/mol. The molecule has 0 unspecified atom stereocenters. The molecule has 1 aromatic carbocycles. The number of nitrogen functional groups attached to an aromatic ring is 1. The lowest BCUT2D eigenvalue weighted by Crippen LogP contribution is -2.21. The molecule has 0 saturated heterocycles. The topological polar surface area (TPSA) is 61.8 Å². The van der Waals surface area contributed by atoms with Crippen LogP contribution in [0.4, 0.5) is 11.4 Å². The maximum atomic E-state index is 8.92. The molecule has 0 heterocycles. The highest BCUT2D eigenvalue weighted by Crippen LogP contribution is 2.25. The molecule has 3 heteroatoms. The largest absolute Gasteiger partial charge is 0.397 e. The fourth-order valence-corrected chi connectivity index (χ4v) is 2.57. The molecule has 1 aromatic rings. The van der Waals surface area contributed by atoms with Crippen molar-refractivity contribution in [1.29, 1.82) is 5.26 Å². The van der Waals surface area contributed by atoms with Crippen LogP contribution in [0, 0.1) is 11.3 Å². The predicted molar refractivity (Wildman–Crippen MR) is 75.3 cm³/mol. The van der Waals surface area contributed by atoms with E-state index in [4.69, 9.17) is 11.0 Å². The molecule has 0 radical (unpaired) electrons. The Labute approximate surface area is 109 Å². The van der Waals surface area contributed by atoms with E-state index in [0.29, 0.717) is 11.6 Å². The van der Waals surface area contributed by atoms with Gasteiger partial charge in [-0.2, -0.15) is 5.26 Å². The van der Waals surface area contributed by atoms with Gasteiger partial charge in [0.2, 0.25) is 0 Å². The zero-order valence-electron chi connectivity index (χ0n) is 10.8. The summed E-state index contributed by atoms with van der Waals surface area (Å²) < 4.78 is 0. The SMILES string of the molecule is N#Cc1ccc(N)c(NC2CCCCCCC2)c1. The van der Waals surface area contributed by atoms with E-state index in [-0.39, 0.29) is 0 Å². The van der Waals surface area contributed by atoms with Gasteiger partial charge in [-0.05, 0) is 31.0 Å². The van der Waals surface area contributed by atoms with Crippen molar-refractivity contribution in [2.24, 2.45) is 0 Å². The molecule has 3 nitrogen and oxygen atoms in total. The summed E-state index contributed by atoms with van der Waals surface area (Å²) in [6.07, 6.45) is 9.04. The molecule has 0 aromatic heterocycles. The summed E-state index contributed by atoms with van der Waals surface area (Å²) >= 11 is 0. The summed E-state index contributed by atoms with van der Waals surface area (Å²) in [6, 6.07) is 8.09. The second kappa shape index (κ2) is 6.30. The average molecular weight is 243 g/mol. The van der Waals surface area contributed by atoms with Crippen molar-refractivity contribution < 1.29 is 0 Å². The number of nitrogens with one attached hydrogen (secondary N) is 1. The molecule has 0 aliphatic heterocycles. The Bertz CT molecular complexity index is 426. The van der Waals surface area contributed by atoms with Crippen LogP contribution in [0.15, 0.2) is 18.2 Å². The molecule has 3 N–H and O–H groups in total. The second-order valence-corrected chi connectivity index (χ2v) is 5.10. The first-order valence-electron chi connectivity index (χ1n) is 6.86. The number of hydrogen-bond donors (Lipinski definition) is 2. The lowest BCUT2D eigenvalue weighted by Gasteiger charge is -2.23. The molecule has 2 rings (SSSR count). The fourth-order valence-electron chi connectivity index (χ4n) is 2.57. The molecule has 1 aliphatic rings. The minimum atomic E-state index is 0.501. The molecule has 18 heavy (non-hydrogen) atoms.